The number of hydrogen-bond acceptors (Lipinski definition) is 10. The fourth-order valence-corrected chi connectivity index (χ4v) is 3.27. The van der Waals surface area contributed by atoms with Crippen LogP contribution in [0.15, 0.2) is 29.1 Å². The maximum absolute atomic E-state index is 12.4. The van der Waals surface area contributed by atoms with Gasteiger partial charge in [-0.2, -0.15) is 4.98 Å². The molecular formula is C19H23N7O7. The largest absolute Gasteiger partial charge is 0.626 e. The molecule has 14 heteroatoms. The molecule has 0 saturated heterocycles. The Morgan fingerprint density at radius 3 is 2.61 bits per heavy atom. The second-order valence-electron chi connectivity index (χ2n) is 7.37. The van der Waals surface area contributed by atoms with E-state index in [1.807, 2.05) is 0 Å². The van der Waals surface area contributed by atoms with Crippen molar-refractivity contribution >= 4 is 41.0 Å². The Balaban J connectivity index is 1.58. The zero-order chi connectivity index (χ0) is 24.1. The van der Waals surface area contributed by atoms with Crippen molar-refractivity contribution in [2.45, 2.75) is 24.9 Å². The van der Waals surface area contributed by atoms with Crippen molar-refractivity contribution in [2.75, 3.05) is 34.8 Å². The highest BCUT2D eigenvalue weighted by Crippen LogP contribution is 2.20. The number of nitrogens with two attached hydrogens (primary N) is 1. The fourth-order valence-electron chi connectivity index (χ4n) is 3.27. The van der Waals surface area contributed by atoms with Crippen LogP contribution >= 0.6 is 0 Å². The van der Waals surface area contributed by atoms with E-state index in [4.69, 9.17) is 15.9 Å². The number of amides is 1. The van der Waals surface area contributed by atoms with Gasteiger partial charge >= 0.3 is 17.8 Å². The summed E-state index contributed by atoms with van der Waals surface area (Å²) in [4.78, 5) is 52.7. The third kappa shape index (κ3) is 5.75. The number of anilines is 4. The summed E-state index contributed by atoms with van der Waals surface area (Å²) in [5, 5.41) is 38.2. The molecule has 176 valence electrons. The van der Waals surface area contributed by atoms with E-state index in [0.29, 0.717) is 24.6 Å². The summed E-state index contributed by atoms with van der Waals surface area (Å²) in [5.74, 6) is -3.43. The van der Waals surface area contributed by atoms with Crippen molar-refractivity contribution in [3.05, 3.63) is 45.4 Å². The van der Waals surface area contributed by atoms with Crippen LogP contribution in [0.2, 0.25) is 0 Å². The van der Waals surface area contributed by atoms with Crippen LogP contribution in [-0.4, -0.2) is 63.2 Å². The van der Waals surface area contributed by atoms with Gasteiger partial charge in [0.1, 0.15) is 5.69 Å². The minimum Gasteiger partial charge on any atom is -0.626 e. The normalized spacial score (nSPS) is 16.5. The van der Waals surface area contributed by atoms with Gasteiger partial charge in [-0.15, -0.1) is 0 Å². The van der Waals surface area contributed by atoms with E-state index in [1.54, 1.807) is 12.1 Å². The first-order valence-corrected chi connectivity index (χ1v) is 9.93. The van der Waals surface area contributed by atoms with Crippen molar-refractivity contribution in [1.82, 2.24) is 9.97 Å². The Morgan fingerprint density at radius 2 is 1.97 bits per heavy atom. The quantitative estimate of drug-likeness (QED) is 0.200. The average molecular weight is 461 g/mol. The molecule has 2 aromatic rings. The van der Waals surface area contributed by atoms with Crippen molar-refractivity contribution in [1.29, 1.82) is 0 Å². The monoisotopic (exact) mass is 461 g/mol. The number of carbonyl (C=O) groups is 3. The van der Waals surface area contributed by atoms with Gasteiger partial charge < -0.3 is 37.1 Å². The predicted molar refractivity (Wildman–Crippen MR) is 117 cm³/mol. The van der Waals surface area contributed by atoms with E-state index in [0.717, 1.165) is 0 Å². The predicted octanol–water partition coefficient (Wildman–Crippen LogP) is -1.49. The van der Waals surface area contributed by atoms with E-state index in [-0.39, 0.29) is 23.2 Å². The number of aliphatic carboxylic acids is 2. The Morgan fingerprint density at radius 1 is 1.27 bits per heavy atom. The summed E-state index contributed by atoms with van der Waals surface area (Å²) in [6.45, 7) is 0.868. The standard InChI is InChI=1S/C19H23N7O7/c20-19-24-15-14(16(29)25-19)23-11(8-22-15)7-21-10-3-1-9(2-4-10)17(30)26(33)12(18(31)32)5-6-13(27)28/h1-4,11-12,21,23,26H,5-8H2,(H,27,28)(H,31,32)(H4,20,22,24,25,29)/t11?,12-/m0/s1. The molecule has 0 spiro atoms. The first-order valence-electron chi connectivity index (χ1n) is 9.93. The van der Waals surface area contributed by atoms with Crippen molar-refractivity contribution in [2.24, 2.45) is 0 Å². The van der Waals surface area contributed by atoms with Gasteiger partial charge in [0.25, 0.3) is 5.56 Å². The van der Waals surface area contributed by atoms with Crippen molar-refractivity contribution in [3.63, 3.8) is 0 Å². The Bertz CT molecular complexity index is 1100. The van der Waals surface area contributed by atoms with Gasteiger partial charge in [0.05, 0.1) is 18.0 Å². The molecule has 33 heavy (non-hydrogen) atoms. The number of H-pyrrole nitrogens is 1. The SMILES string of the molecule is Nc1nc2c(c(=O)[nH]1)NC(CNc1ccc(C(=O)[NH+]([O-])[C@@H](CCC(=O)O)C(=O)O)cc1)CN2. The van der Waals surface area contributed by atoms with Crippen LogP contribution in [-0.2, 0) is 9.59 Å². The summed E-state index contributed by atoms with van der Waals surface area (Å²) in [6.07, 6.45) is -1.01. The van der Waals surface area contributed by atoms with E-state index >= 15 is 0 Å². The van der Waals surface area contributed by atoms with Crippen molar-refractivity contribution < 1.29 is 29.7 Å². The Labute approximate surface area is 186 Å². The third-order valence-electron chi connectivity index (χ3n) is 4.99. The molecule has 0 radical (unpaired) electrons. The summed E-state index contributed by atoms with van der Waals surface area (Å²) >= 11 is 0. The topological polar surface area (TPSA) is 227 Å². The number of aromatic nitrogens is 2. The molecule has 14 nitrogen and oxygen atoms in total. The van der Waals surface area contributed by atoms with E-state index in [9.17, 15) is 24.4 Å². The minimum atomic E-state index is -1.72. The van der Waals surface area contributed by atoms with Crippen LogP contribution < -0.4 is 32.3 Å². The highest BCUT2D eigenvalue weighted by atomic mass is 16.5. The molecule has 3 rings (SSSR count). The third-order valence-corrected chi connectivity index (χ3v) is 4.99. The molecule has 1 aromatic carbocycles. The lowest BCUT2D eigenvalue weighted by Gasteiger charge is -2.27. The van der Waals surface area contributed by atoms with Crippen LogP contribution in [0.25, 0.3) is 0 Å². The number of benzene rings is 1. The van der Waals surface area contributed by atoms with Gasteiger partial charge in [-0.1, -0.05) is 0 Å². The van der Waals surface area contributed by atoms with Gasteiger partial charge in [-0.25, -0.2) is 9.59 Å². The van der Waals surface area contributed by atoms with E-state index in [2.05, 4.69) is 25.9 Å². The minimum absolute atomic E-state index is 0.00583. The lowest BCUT2D eigenvalue weighted by atomic mass is 10.1. The number of carbonyl (C=O) groups excluding carboxylic acids is 1. The number of nitrogens with one attached hydrogen (secondary N) is 5. The second kappa shape index (κ2) is 9.97. The smallest absolute Gasteiger partial charge is 0.363 e. The number of nitrogen functional groups attached to an aromatic ring is 1. The summed E-state index contributed by atoms with van der Waals surface area (Å²) in [7, 11) is 0. The number of carboxylic acids is 2. The highest BCUT2D eigenvalue weighted by Gasteiger charge is 2.30. The van der Waals surface area contributed by atoms with Gasteiger partial charge in [0.15, 0.2) is 11.9 Å². The zero-order valence-electron chi connectivity index (χ0n) is 17.3. The number of rotatable bonds is 9. The molecule has 3 atom stereocenters. The van der Waals surface area contributed by atoms with Crippen LogP contribution in [0.3, 0.4) is 0 Å². The van der Waals surface area contributed by atoms with Gasteiger partial charge in [-0.3, -0.25) is 19.6 Å². The van der Waals surface area contributed by atoms with Crippen LogP contribution in [0, 0.1) is 5.21 Å². The number of carboxylic acid groups (broad SMARTS) is 2. The molecule has 2 heterocycles. The number of aromatic amines is 1. The summed E-state index contributed by atoms with van der Waals surface area (Å²) in [6, 6.07) is 3.96. The average Bonchev–Trinajstić information content (AvgIpc) is 2.77. The molecular weight excluding hydrogens is 438 g/mol. The molecule has 0 saturated carbocycles. The van der Waals surface area contributed by atoms with Crippen molar-refractivity contribution in [3.8, 4) is 0 Å². The maximum Gasteiger partial charge on any atom is 0.363 e. The fraction of sp³-hybridized carbons (Fsp3) is 0.316. The molecule has 1 aromatic heterocycles. The molecule has 0 bridgehead atoms. The number of hydroxylamine groups is 2. The maximum atomic E-state index is 12.4. The molecule has 0 fully saturated rings. The van der Waals surface area contributed by atoms with E-state index < -0.39 is 47.4 Å². The molecule has 1 aliphatic rings. The number of quaternary nitrogens is 1. The number of fused-ring (bicyclic) bond motifs is 1. The molecule has 1 aliphatic heterocycles. The van der Waals surface area contributed by atoms with Crippen LogP contribution in [0.1, 0.15) is 23.2 Å². The van der Waals surface area contributed by atoms with Gasteiger partial charge in [0, 0.05) is 25.2 Å². The summed E-state index contributed by atoms with van der Waals surface area (Å²) < 4.78 is 0. The lowest BCUT2D eigenvalue weighted by molar-refractivity contribution is -0.778. The first-order chi connectivity index (χ1) is 15.7. The highest BCUT2D eigenvalue weighted by molar-refractivity contribution is 5.89. The molecule has 1 amide bonds. The molecule has 9 N–H and O–H groups in total. The Kier molecular flexibility index (Phi) is 7.10. The van der Waals surface area contributed by atoms with Gasteiger partial charge in [-0.05, 0) is 24.3 Å². The number of hydrogen-bond donors (Lipinski definition) is 8. The molecule has 0 aliphatic carbocycles. The Hall–Kier alpha value is -4.17. The first kappa shape index (κ1) is 23.5. The summed E-state index contributed by atoms with van der Waals surface area (Å²) in [5.41, 5.74) is 6.01. The zero-order valence-corrected chi connectivity index (χ0v) is 17.3. The second-order valence-corrected chi connectivity index (χ2v) is 7.37. The van der Waals surface area contributed by atoms with E-state index in [1.165, 1.54) is 12.1 Å². The lowest BCUT2D eigenvalue weighted by Crippen LogP contribution is -3.15. The van der Waals surface area contributed by atoms with Gasteiger partial charge in [0.2, 0.25) is 5.95 Å². The van der Waals surface area contributed by atoms with Crippen LogP contribution in [0.4, 0.5) is 23.1 Å². The number of nitrogens with zero attached hydrogens (tertiary/aromatic N) is 1. The molecule has 2 unspecified atom stereocenters. The van der Waals surface area contributed by atoms with Crippen LogP contribution in [0.5, 0.6) is 0 Å².